The summed E-state index contributed by atoms with van der Waals surface area (Å²) < 4.78 is 0.934. The van der Waals surface area contributed by atoms with Gasteiger partial charge >= 0.3 is 0 Å². The monoisotopic (exact) mass is 339 g/mol. The number of hydrogen-bond donors (Lipinski definition) is 2. The fourth-order valence-electron chi connectivity index (χ4n) is 2.80. The molecule has 21 heavy (non-hydrogen) atoms. The van der Waals surface area contributed by atoms with Crippen molar-refractivity contribution in [3.8, 4) is 0 Å². The van der Waals surface area contributed by atoms with E-state index < -0.39 is 5.41 Å². The lowest BCUT2D eigenvalue weighted by Crippen LogP contribution is -2.53. The first-order chi connectivity index (χ1) is 9.90. The quantitative estimate of drug-likeness (QED) is 0.838. The Labute approximate surface area is 136 Å². The number of rotatable bonds is 3. The van der Waals surface area contributed by atoms with Gasteiger partial charge in [-0.05, 0) is 37.0 Å². The summed E-state index contributed by atoms with van der Waals surface area (Å²) in [7, 11) is 0. The van der Waals surface area contributed by atoms with Crippen molar-refractivity contribution in [1.82, 2.24) is 4.98 Å². The van der Waals surface area contributed by atoms with Crippen LogP contribution < -0.4 is 11.1 Å². The van der Waals surface area contributed by atoms with Gasteiger partial charge in [0, 0.05) is 5.02 Å². The zero-order valence-corrected chi connectivity index (χ0v) is 13.7. The number of carbonyl (C=O) groups is 1. The molecule has 110 valence electrons. The van der Waals surface area contributed by atoms with Gasteiger partial charge in [-0.15, -0.1) is 0 Å². The minimum absolute atomic E-state index is 0.154. The van der Waals surface area contributed by atoms with E-state index in [0.717, 1.165) is 10.2 Å². The Morgan fingerprint density at radius 2 is 2.29 bits per heavy atom. The molecular formula is C14H14ClN3OS2. The zero-order chi connectivity index (χ0) is 15.2. The van der Waals surface area contributed by atoms with Crippen molar-refractivity contribution >= 4 is 61.4 Å². The van der Waals surface area contributed by atoms with Gasteiger partial charge in [0.25, 0.3) is 0 Å². The van der Waals surface area contributed by atoms with Crippen LogP contribution in [0.15, 0.2) is 18.2 Å². The third-order valence-electron chi connectivity index (χ3n) is 3.87. The molecule has 1 aromatic heterocycles. The van der Waals surface area contributed by atoms with Gasteiger partial charge in [0.05, 0.1) is 20.6 Å². The first-order valence-electron chi connectivity index (χ1n) is 6.58. The van der Waals surface area contributed by atoms with Gasteiger partial charge in [-0.3, -0.25) is 4.79 Å². The molecule has 1 saturated carbocycles. The fraction of sp³-hybridized carbons (Fsp3) is 0.357. The topological polar surface area (TPSA) is 68.0 Å². The van der Waals surface area contributed by atoms with Gasteiger partial charge in [0.1, 0.15) is 0 Å². The van der Waals surface area contributed by atoms with Crippen LogP contribution in [0.5, 0.6) is 0 Å². The van der Waals surface area contributed by atoms with Crippen molar-refractivity contribution in [2.45, 2.75) is 19.8 Å². The Morgan fingerprint density at radius 3 is 2.90 bits per heavy atom. The maximum absolute atomic E-state index is 12.5. The molecule has 0 radical (unpaired) electrons. The number of fused-ring (bicyclic) bond motifs is 1. The number of nitrogens with one attached hydrogen (secondary N) is 1. The molecule has 0 atom stereocenters. The second kappa shape index (κ2) is 5.19. The van der Waals surface area contributed by atoms with Crippen LogP contribution in [0.1, 0.15) is 19.8 Å². The van der Waals surface area contributed by atoms with Gasteiger partial charge < -0.3 is 11.1 Å². The number of halogens is 1. The number of hydrogen-bond acceptors (Lipinski definition) is 4. The summed E-state index contributed by atoms with van der Waals surface area (Å²) in [5.74, 6) is 0.310. The summed E-state index contributed by atoms with van der Waals surface area (Å²) in [5, 5.41) is 4.05. The van der Waals surface area contributed by atoms with Crippen LogP contribution in [0.3, 0.4) is 0 Å². The number of nitrogens with two attached hydrogens (primary N) is 1. The molecule has 0 unspecified atom stereocenters. The normalized spacial score (nSPS) is 24.6. The van der Waals surface area contributed by atoms with E-state index in [2.05, 4.69) is 17.2 Å². The van der Waals surface area contributed by atoms with E-state index in [1.807, 2.05) is 12.1 Å². The number of nitrogens with zero attached hydrogens (tertiary/aromatic N) is 1. The standard InChI is InChI=1S/C14H14ClN3OS2/c1-7-5-14(6-7,11(16)20)12(19)18-13-17-9-3-2-8(15)4-10(9)21-13/h2-4,7H,5-6H2,1H3,(H2,16,20)(H,17,18,19). The van der Waals surface area contributed by atoms with E-state index in [9.17, 15) is 4.79 Å². The Bertz CT molecular complexity index is 737. The highest BCUT2D eigenvalue weighted by Gasteiger charge is 2.51. The van der Waals surface area contributed by atoms with Crippen molar-refractivity contribution in [3.05, 3.63) is 23.2 Å². The molecule has 0 saturated heterocycles. The van der Waals surface area contributed by atoms with Crippen LogP contribution in [-0.2, 0) is 4.79 Å². The molecule has 1 aliphatic rings. The fourth-order valence-corrected chi connectivity index (χ4v) is 4.19. The van der Waals surface area contributed by atoms with E-state index in [1.165, 1.54) is 11.3 Å². The van der Waals surface area contributed by atoms with E-state index in [0.29, 0.717) is 28.9 Å². The number of aromatic nitrogens is 1. The summed E-state index contributed by atoms with van der Waals surface area (Å²) >= 11 is 12.4. The Hall–Kier alpha value is -1.24. The second-order valence-electron chi connectivity index (χ2n) is 5.54. The van der Waals surface area contributed by atoms with Crippen LogP contribution >= 0.6 is 35.2 Å². The van der Waals surface area contributed by atoms with Gasteiger partial charge in [-0.25, -0.2) is 4.98 Å². The summed E-state index contributed by atoms with van der Waals surface area (Å²) in [6.07, 6.45) is 1.40. The second-order valence-corrected chi connectivity index (χ2v) is 7.45. The number of benzene rings is 1. The molecule has 4 nitrogen and oxygen atoms in total. The summed E-state index contributed by atoms with van der Waals surface area (Å²) in [4.78, 5) is 17.2. The van der Waals surface area contributed by atoms with Crippen LogP contribution in [0.2, 0.25) is 5.02 Å². The molecule has 1 fully saturated rings. The predicted octanol–water partition coefficient (Wildman–Crippen LogP) is 3.59. The summed E-state index contributed by atoms with van der Waals surface area (Å²) in [6, 6.07) is 5.44. The molecule has 0 aliphatic heterocycles. The average molecular weight is 340 g/mol. The molecule has 3 rings (SSSR count). The van der Waals surface area contributed by atoms with E-state index in [4.69, 9.17) is 29.6 Å². The van der Waals surface area contributed by atoms with E-state index >= 15 is 0 Å². The molecule has 0 spiro atoms. The van der Waals surface area contributed by atoms with Crippen molar-refractivity contribution in [2.75, 3.05) is 5.32 Å². The zero-order valence-electron chi connectivity index (χ0n) is 11.4. The SMILES string of the molecule is CC1CC(C(=O)Nc2nc3ccc(Cl)cc3s2)(C(N)=S)C1. The van der Waals surface area contributed by atoms with Crippen molar-refractivity contribution < 1.29 is 4.79 Å². The minimum atomic E-state index is -0.718. The third kappa shape index (κ3) is 2.52. The highest BCUT2D eigenvalue weighted by molar-refractivity contribution is 7.80. The van der Waals surface area contributed by atoms with E-state index in [-0.39, 0.29) is 10.9 Å². The highest BCUT2D eigenvalue weighted by atomic mass is 35.5. The van der Waals surface area contributed by atoms with Crippen molar-refractivity contribution in [3.63, 3.8) is 0 Å². The first kappa shape index (κ1) is 14.7. The van der Waals surface area contributed by atoms with Crippen molar-refractivity contribution in [2.24, 2.45) is 17.1 Å². The first-order valence-corrected chi connectivity index (χ1v) is 8.18. The Morgan fingerprint density at radius 1 is 1.57 bits per heavy atom. The average Bonchev–Trinajstić information content (AvgIpc) is 2.75. The molecule has 1 amide bonds. The number of thiocarbonyl (C=S) groups is 1. The van der Waals surface area contributed by atoms with Crippen molar-refractivity contribution in [1.29, 1.82) is 0 Å². The van der Waals surface area contributed by atoms with Gasteiger partial charge in [0.2, 0.25) is 5.91 Å². The maximum atomic E-state index is 12.5. The molecule has 1 aliphatic carbocycles. The summed E-state index contributed by atoms with van der Waals surface area (Å²) in [6.45, 7) is 2.09. The Kier molecular flexibility index (Phi) is 3.63. The maximum Gasteiger partial charge on any atom is 0.239 e. The molecule has 3 N–H and O–H groups in total. The highest BCUT2D eigenvalue weighted by Crippen LogP contribution is 2.46. The van der Waals surface area contributed by atoms with Gasteiger partial charge in [0.15, 0.2) is 5.13 Å². The predicted molar refractivity (Wildman–Crippen MR) is 90.9 cm³/mol. The Balaban J connectivity index is 1.84. The largest absolute Gasteiger partial charge is 0.392 e. The molecule has 7 heteroatoms. The lowest BCUT2D eigenvalue weighted by molar-refractivity contribution is -0.127. The molecule has 0 bridgehead atoms. The summed E-state index contributed by atoms with van der Waals surface area (Å²) in [5.41, 5.74) is 5.87. The van der Waals surface area contributed by atoms with Crippen LogP contribution in [0.4, 0.5) is 5.13 Å². The number of amides is 1. The van der Waals surface area contributed by atoms with Gasteiger partial charge in [-0.1, -0.05) is 42.1 Å². The lowest BCUT2D eigenvalue weighted by atomic mass is 9.62. The van der Waals surface area contributed by atoms with Crippen LogP contribution in [-0.4, -0.2) is 15.9 Å². The number of thiazole rings is 1. The number of carbonyl (C=O) groups excluding carboxylic acids is 1. The lowest BCUT2D eigenvalue weighted by Gasteiger charge is -2.43. The van der Waals surface area contributed by atoms with Crippen LogP contribution in [0, 0.1) is 11.3 Å². The minimum Gasteiger partial charge on any atom is -0.392 e. The van der Waals surface area contributed by atoms with Gasteiger partial charge in [-0.2, -0.15) is 0 Å². The number of anilines is 1. The molecular weight excluding hydrogens is 326 g/mol. The molecule has 2 aromatic rings. The molecule has 1 aromatic carbocycles. The third-order valence-corrected chi connectivity index (χ3v) is 5.43. The van der Waals surface area contributed by atoms with Crippen LogP contribution in [0.25, 0.3) is 10.2 Å². The van der Waals surface area contributed by atoms with E-state index in [1.54, 1.807) is 6.07 Å². The smallest absolute Gasteiger partial charge is 0.239 e. The molecule has 1 heterocycles.